The van der Waals surface area contributed by atoms with E-state index in [4.69, 9.17) is 0 Å². The van der Waals surface area contributed by atoms with E-state index in [0.29, 0.717) is 6.54 Å². The molecule has 1 aromatic heterocycles. The maximum Gasteiger partial charge on any atom is 0.244 e. The van der Waals surface area contributed by atoms with Crippen LogP contribution in [-0.2, 0) is 11.3 Å². The van der Waals surface area contributed by atoms with Crippen LogP contribution in [0.3, 0.4) is 0 Å². The summed E-state index contributed by atoms with van der Waals surface area (Å²) in [7, 11) is 0. The van der Waals surface area contributed by atoms with Gasteiger partial charge in [-0.05, 0) is 36.3 Å². The van der Waals surface area contributed by atoms with Gasteiger partial charge in [-0.25, -0.2) is 0 Å². The van der Waals surface area contributed by atoms with Crippen LogP contribution in [0.25, 0.3) is 6.08 Å². The quantitative estimate of drug-likeness (QED) is 0.850. The minimum atomic E-state index is -0.117. The molecule has 3 heteroatoms. The van der Waals surface area contributed by atoms with Crippen molar-refractivity contribution in [2.24, 2.45) is 0 Å². The van der Waals surface area contributed by atoms with Crippen LogP contribution in [0.1, 0.15) is 16.8 Å². The number of aromatic nitrogens is 1. The summed E-state index contributed by atoms with van der Waals surface area (Å²) in [6, 6.07) is 13.6. The molecule has 3 nitrogen and oxygen atoms in total. The highest BCUT2D eigenvalue weighted by Crippen LogP contribution is 2.06. The van der Waals surface area contributed by atoms with Crippen molar-refractivity contribution in [2.75, 3.05) is 0 Å². The van der Waals surface area contributed by atoms with Crippen molar-refractivity contribution in [1.29, 1.82) is 0 Å². The van der Waals surface area contributed by atoms with E-state index in [-0.39, 0.29) is 5.91 Å². The van der Waals surface area contributed by atoms with Gasteiger partial charge in [0.05, 0.1) is 5.69 Å². The molecule has 1 aromatic carbocycles. The number of rotatable bonds is 4. The fourth-order valence-electron chi connectivity index (χ4n) is 1.69. The highest BCUT2D eigenvalue weighted by Gasteiger charge is 1.99. The Hall–Kier alpha value is -2.42. The number of benzene rings is 1. The van der Waals surface area contributed by atoms with Crippen LogP contribution in [-0.4, -0.2) is 10.9 Å². The SMILES string of the molecule is Cc1ccccc1CNC(=O)/C=C/c1ccccn1. The Morgan fingerprint density at radius 2 is 2.00 bits per heavy atom. The average Bonchev–Trinajstić information content (AvgIpc) is 2.45. The van der Waals surface area contributed by atoms with Crippen LogP contribution in [0.15, 0.2) is 54.7 Å². The third-order valence-electron chi connectivity index (χ3n) is 2.81. The number of hydrogen-bond donors (Lipinski definition) is 1. The van der Waals surface area contributed by atoms with Crippen LogP contribution < -0.4 is 5.32 Å². The second-order valence-corrected chi connectivity index (χ2v) is 4.23. The van der Waals surface area contributed by atoms with Gasteiger partial charge in [-0.15, -0.1) is 0 Å². The van der Waals surface area contributed by atoms with Gasteiger partial charge >= 0.3 is 0 Å². The molecule has 0 aliphatic carbocycles. The topological polar surface area (TPSA) is 42.0 Å². The molecule has 0 unspecified atom stereocenters. The third kappa shape index (κ3) is 4.07. The molecule has 0 bridgehead atoms. The van der Waals surface area contributed by atoms with Crippen LogP contribution in [0.4, 0.5) is 0 Å². The van der Waals surface area contributed by atoms with E-state index < -0.39 is 0 Å². The predicted octanol–water partition coefficient (Wildman–Crippen LogP) is 2.72. The van der Waals surface area contributed by atoms with Crippen LogP contribution >= 0.6 is 0 Å². The molecule has 2 aromatic rings. The number of nitrogens with one attached hydrogen (secondary N) is 1. The monoisotopic (exact) mass is 252 g/mol. The predicted molar refractivity (Wildman–Crippen MR) is 76.3 cm³/mol. The molecule has 0 atom stereocenters. The standard InChI is InChI=1S/C16H16N2O/c1-13-6-2-3-7-14(13)12-18-16(19)10-9-15-8-4-5-11-17-15/h2-11H,12H2,1H3,(H,18,19)/b10-9+. The first kappa shape index (κ1) is 13.0. The molecule has 1 amide bonds. The molecule has 1 heterocycles. The van der Waals surface area contributed by atoms with E-state index in [1.165, 1.54) is 11.6 Å². The second kappa shape index (κ2) is 6.50. The van der Waals surface area contributed by atoms with E-state index in [1.807, 2.05) is 49.4 Å². The lowest BCUT2D eigenvalue weighted by molar-refractivity contribution is -0.116. The van der Waals surface area contributed by atoms with Gasteiger partial charge < -0.3 is 5.32 Å². The smallest absolute Gasteiger partial charge is 0.244 e. The molecule has 2 rings (SSSR count). The molecule has 0 aliphatic rings. The number of carbonyl (C=O) groups excluding carboxylic acids is 1. The second-order valence-electron chi connectivity index (χ2n) is 4.23. The van der Waals surface area contributed by atoms with Crippen molar-refractivity contribution in [3.05, 3.63) is 71.6 Å². The van der Waals surface area contributed by atoms with Gasteiger partial charge in [0, 0.05) is 18.8 Å². The molecule has 19 heavy (non-hydrogen) atoms. The molecule has 0 fully saturated rings. The lowest BCUT2D eigenvalue weighted by Crippen LogP contribution is -2.20. The summed E-state index contributed by atoms with van der Waals surface area (Å²) in [4.78, 5) is 15.8. The third-order valence-corrected chi connectivity index (χ3v) is 2.81. The summed E-state index contributed by atoms with van der Waals surface area (Å²) >= 11 is 0. The number of hydrogen-bond acceptors (Lipinski definition) is 2. The molecule has 0 saturated carbocycles. The summed E-state index contributed by atoms with van der Waals surface area (Å²) in [5.41, 5.74) is 3.08. The summed E-state index contributed by atoms with van der Waals surface area (Å²) in [5.74, 6) is -0.117. The first-order valence-corrected chi connectivity index (χ1v) is 6.17. The van der Waals surface area contributed by atoms with Crippen molar-refractivity contribution in [2.45, 2.75) is 13.5 Å². The van der Waals surface area contributed by atoms with E-state index in [1.54, 1.807) is 12.3 Å². The fourth-order valence-corrected chi connectivity index (χ4v) is 1.69. The van der Waals surface area contributed by atoms with Crippen LogP contribution in [0, 0.1) is 6.92 Å². The Kier molecular flexibility index (Phi) is 4.45. The normalized spacial score (nSPS) is 10.6. The summed E-state index contributed by atoms with van der Waals surface area (Å²) < 4.78 is 0. The highest BCUT2D eigenvalue weighted by atomic mass is 16.1. The molecule has 1 N–H and O–H groups in total. The first-order chi connectivity index (χ1) is 9.25. The van der Waals surface area contributed by atoms with Gasteiger partial charge in [-0.2, -0.15) is 0 Å². The number of carbonyl (C=O) groups is 1. The largest absolute Gasteiger partial charge is 0.348 e. The Morgan fingerprint density at radius 3 is 2.74 bits per heavy atom. The van der Waals surface area contributed by atoms with E-state index in [2.05, 4.69) is 10.3 Å². The van der Waals surface area contributed by atoms with E-state index >= 15 is 0 Å². The molecule has 0 saturated heterocycles. The minimum absolute atomic E-state index is 0.117. The molecule has 0 radical (unpaired) electrons. The summed E-state index contributed by atoms with van der Waals surface area (Å²) in [6.07, 6.45) is 4.90. The van der Waals surface area contributed by atoms with Gasteiger partial charge in [-0.3, -0.25) is 9.78 Å². The number of amides is 1. The number of nitrogens with zero attached hydrogens (tertiary/aromatic N) is 1. The Balaban J connectivity index is 1.89. The van der Waals surface area contributed by atoms with Crippen LogP contribution in [0.5, 0.6) is 0 Å². The Morgan fingerprint density at radius 1 is 1.21 bits per heavy atom. The molecule has 0 spiro atoms. The van der Waals surface area contributed by atoms with Gasteiger partial charge in [0.2, 0.25) is 5.91 Å². The van der Waals surface area contributed by atoms with E-state index in [9.17, 15) is 4.79 Å². The zero-order valence-corrected chi connectivity index (χ0v) is 10.8. The van der Waals surface area contributed by atoms with Crippen molar-refractivity contribution >= 4 is 12.0 Å². The average molecular weight is 252 g/mol. The van der Waals surface area contributed by atoms with Gasteiger partial charge in [0.1, 0.15) is 0 Å². The maximum atomic E-state index is 11.7. The zero-order chi connectivity index (χ0) is 13.5. The van der Waals surface area contributed by atoms with Crippen molar-refractivity contribution in [3.63, 3.8) is 0 Å². The molecular weight excluding hydrogens is 236 g/mol. The van der Waals surface area contributed by atoms with Crippen molar-refractivity contribution < 1.29 is 4.79 Å². The Bertz CT molecular complexity index is 576. The zero-order valence-electron chi connectivity index (χ0n) is 10.8. The number of pyridine rings is 1. The van der Waals surface area contributed by atoms with Crippen molar-refractivity contribution in [1.82, 2.24) is 10.3 Å². The fraction of sp³-hybridized carbons (Fsp3) is 0.125. The minimum Gasteiger partial charge on any atom is -0.348 e. The summed E-state index contributed by atoms with van der Waals surface area (Å²) in [6.45, 7) is 2.57. The lowest BCUT2D eigenvalue weighted by atomic mass is 10.1. The highest BCUT2D eigenvalue weighted by molar-refractivity contribution is 5.91. The maximum absolute atomic E-state index is 11.7. The van der Waals surface area contributed by atoms with Crippen LogP contribution in [0.2, 0.25) is 0 Å². The molecule has 96 valence electrons. The van der Waals surface area contributed by atoms with Gasteiger partial charge in [0.15, 0.2) is 0 Å². The Labute approximate surface area is 113 Å². The number of aryl methyl sites for hydroxylation is 1. The lowest BCUT2D eigenvalue weighted by Gasteiger charge is -2.05. The van der Waals surface area contributed by atoms with Gasteiger partial charge in [-0.1, -0.05) is 30.3 Å². The van der Waals surface area contributed by atoms with Gasteiger partial charge in [0.25, 0.3) is 0 Å². The first-order valence-electron chi connectivity index (χ1n) is 6.17. The molecular formula is C16H16N2O. The summed E-state index contributed by atoms with van der Waals surface area (Å²) in [5, 5.41) is 2.86. The van der Waals surface area contributed by atoms with Crippen molar-refractivity contribution in [3.8, 4) is 0 Å². The van der Waals surface area contributed by atoms with E-state index in [0.717, 1.165) is 11.3 Å². The molecule has 0 aliphatic heterocycles.